The first-order valence-electron chi connectivity index (χ1n) is 9.02. The van der Waals surface area contributed by atoms with Gasteiger partial charge in [-0.25, -0.2) is 4.98 Å². The molecule has 0 aliphatic carbocycles. The minimum absolute atomic E-state index is 0.0441. The van der Waals surface area contributed by atoms with Crippen LogP contribution < -0.4 is 4.90 Å². The zero-order valence-corrected chi connectivity index (χ0v) is 17.1. The second kappa shape index (κ2) is 7.64. The first kappa shape index (κ1) is 19.1. The molecule has 1 saturated heterocycles. The van der Waals surface area contributed by atoms with Gasteiger partial charge in [0.25, 0.3) is 5.78 Å². The fraction of sp³-hybridized carbons (Fsp3) is 0.0870. The zero-order valence-electron chi connectivity index (χ0n) is 15.5. The first-order chi connectivity index (χ1) is 14.0. The van der Waals surface area contributed by atoms with Crippen LogP contribution in [0.4, 0.5) is 5.82 Å². The number of Topliss-reactive ketones (excluding diaryl/α,β-unsaturated/α-hetero) is 1. The van der Waals surface area contributed by atoms with Crippen molar-refractivity contribution in [3.05, 3.63) is 99.7 Å². The number of aromatic nitrogens is 1. The Kier molecular flexibility index (Phi) is 5.03. The number of anilines is 1. The highest BCUT2D eigenvalue weighted by molar-refractivity contribution is 9.10. The lowest BCUT2D eigenvalue weighted by Crippen LogP contribution is -2.30. The van der Waals surface area contributed by atoms with Gasteiger partial charge in [-0.15, -0.1) is 0 Å². The first-order valence-corrected chi connectivity index (χ1v) is 9.81. The number of carbonyl (C=O) groups is 2. The van der Waals surface area contributed by atoms with Crippen molar-refractivity contribution in [2.75, 3.05) is 4.90 Å². The van der Waals surface area contributed by atoms with E-state index in [-0.39, 0.29) is 11.3 Å². The van der Waals surface area contributed by atoms with Crippen LogP contribution in [0.1, 0.15) is 22.7 Å². The summed E-state index contributed by atoms with van der Waals surface area (Å²) in [6.07, 6.45) is 1.56. The molecule has 1 N–H and O–H groups in total. The van der Waals surface area contributed by atoms with E-state index in [1.807, 2.05) is 43.3 Å². The van der Waals surface area contributed by atoms with Crippen LogP contribution in [0.15, 0.2) is 83.0 Å². The van der Waals surface area contributed by atoms with Crippen molar-refractivity contribution in [1.82, 2.24) is 4.98 Å². The van der Waals surface area contributed by atoms with E-state index >= 15 is 0 Å². The summed E-state index contributed by atoms with van der Waals surface area (Å²) in [6.45, 7) is 1.94. The van der Waals surface area contributed by atoms with E-state index in [2.05, 4.69) is 20.9 Å². The Balaban J connectivity index is 1.95. The Hall–Kier alpha value is -3.25. The molecule has 1 fully saturated rings. The number of aliphatic hydroxyl groups excluding tert-OH is 1. The van der Waals surface area contributed by atoms with Gasteiger partial charge in [0.1, 0.15) is 11.6 Å². The number of amides is 1. The van der Waals surface area contributed by atoms with Gasteiger partial charge in [0.05, 0.1) is 11.6 Å². The SMILES string of the molecule is Cc1ccc(C(O)=C2C(=O)C(=O)N(c3ccccn3)[C@H]2c2cccc(Br)c2)cc1. The van der Waals surface area contributed by atoms with E-state index in [0.717, 1.165) is 10.0 Å². The predicted molar refractivity (Wildman–Crippen MR) is 114 cm³/mol. The second-order valence-electron chi connectivity index (χ2n) is 6.78. The van der Waals surface area contributed by atoms with Crippen LogP contribution in [0.3, 0.4) is 0 Å². The molecular formula is C23H17BrN2O3. The second-order valence-corrected chi connectivity index (χ2v) is 7.69. The van der Waals surface area contributed by atoms with Crippen molar-refractivity contribution in [3.8, 4) is 0 Å². The smallest absolute Gasteiger partial charge is 0.301 e. The molecule has 0 unspecified atom stereocenters. The van der Waals surface area contributed by atoms with Gasteiger partial charge in [0, 0.05) is 16.2 Å². The van der Waals surface area contributed by atoms with Gasteiger partial charge in [-0.1, -0.05) is 64.0 Å². The summed E-state index contributed by atoms with van der Waals surface area (Å²) in [7, 11) is 0. The van der Waals surface area contributed by atoms with E-state index in [1.165, 1.54) is 4.90 Å². The molecule has 1 amide bonds. The van der Waals surface area contributed by atoms with E-state index in [1.54, 1.807) is 36.5 Å². The Bertz CT molecular complexity index is 1120. The zero-order chi connectivity index (χ0) is 20.5. The largest absolute Gasteiger partial charge is 0.507 e. The number of halogens is 1. The Morgan fingerprint density at radius 3 is 2.45 bits per heavy atom. The lowest BCUT2D eigenvalue weighted by Gasteiger charge is -2.24. The Morgan fingerprint density at radius 2 is 1.79 bits per heavy atom. The molecular weight excluding hydrogens is 432 g/mol. The molecule has 0 bridgehead atoms. The molecule has 1 atom stereocenters. The van der Waals surface area contributed by atoms with Crippen LogP contribution in [0.25, 0.3) is 5.76 Å². The van der Waals surface area contributed by atoms with Crippen LogP contribution in [0.5, 0.6) is 0 Å². The van der Waals surface area contributed by atoms with E-state index in [9.17, 15) is 14.7 Å². The normalized spacial score (nSPS) is 18.3. The van der Waals surface area contributed by atoms with Crippen LogP contribution in [-0.4, -0.2) is 21.8 Å². The molecule has 144 valence electrons. The van der Waals surface area contributed by atoms with Crippen molar-refractivity contribution in [2.45, 2.75) is 13.0 Å². The maximum atomic E-state index is 13.0. The quantitative estimate of drug-likeness (QED) is 0.355. The summed E-state index contributed by atoms with van der Waals surface area (Å²) in [5.74, 6) is -1.31. The van der Waals surface area contributed by atoms with Gasteiger partial charge in [0.15, 0.2) is 0 Å². The summed E-state index contributed by atoms with van der Waals surface area (Å²) in [5, 5.41) is 11.0. The van der Waals surface area contributed by atoms with E-state index in [0.29, 0.717) is 16.9 Å². The summed E-state index contributed by atoms with van der Waals surface area (Å²) >= 11 is 3.44. The molecule has 1 aromatic heterocycles. The Morgan fingerprint density at radius 1 is 1.03 bits per heavy atom. The number of pyridine rings is 1. The third-order valence-corrected chi connectivity index (χ3v) is 5.32. The number of aliphatic hydroxyl groups is 1. The fourth-order valence-electron chi connectivity index (χ4n) is 3.42. The van der Waals surface area contributed by atoms with E-state index < -0.39 is 17.7 Å². The molecule has 0 spiro atoms. The fourth-order valence-corrected chi connectivity index (χ4v) is 3.84. The van der Waals surface area contributed by atoms with Crippen LogP contribution in [0, 0.1) is 6.92 Å². The van der Waals surface area contributed by atoms with Crippen LogP contribution >= 0.6 is 15.9 Å². The molecule has 3 aromatic rings. The average Bonchev–Trinajstić information content (AvgIpc) is 2.99. The number of hydrogen-bond acceptors (Lipinski definition) is 4. The molecule has 2 aromatic carbocycles. The minimum Gasteiger partial charge on any atom is -0.507 e. The van der Waals surface area contributed by atoms with Gasteiger partial charge in [-0.05, 0) is 36.8 Å². The number of aryl methyl sites for hydroxylation is 1. The number of ketones is 1. The Labute approximate surface area is 176 Å². The molecule has 6 heteroatoms. The lowest BCUT2D eigenvalue weighted by atomic mass is 9.95. The molecule has 0 saturated carbocycles. The highest BCUT2D eigenvalue weighted by Gasteiger charge is 2.47. The van der Waals surface area contributed by atoms with Crippen molar-refractivity contribution >= 4 is 39.2 Å². The number of hydrogen-bond donors (Lipinski definition) is 1. The standard InChI is InChI=1S/C23H17BrN2O3/c1-14-8-10-15(11-9-14)21(27)19-20(16-5-4-6-17(24)13-16)26(23(29)22(19)28)18-7-2-3-12-25-18/h2-13,20,27H,1H3/t20-/m0/s1. The van der Waals surface area contributed by atoms with Crippen molar-refractivity contribution < 1.29 is 14.7 Å². The highest BCUT2D eigenvalue weighted by atomic mass is 79.9. The molecule has 0 radical (unpaired) electrons. The van der Waals surface area contributed by atoms with Crippen molar-refractivity contribution in [1.29, 1.82) is 0 Å². The molecule has 4 rings (SSSR count). The number of benzene rings is 2. The summed E-state index contributed by atoms with van der Waals surface area (Å²) < 4.78 is 0.803. The third-order valence-electron chi connectivity index (χ3n) is 4.83. The van der Waals surface area contributed by atoms with Gasteiger partial charge < -0.3 is 5.11 Å². The topological polar surface area (TPSA) is 70.5 Å². The number of nitrogens with zero attached hydrogens (tertiary/aromatic N) is 2. The molecule has 5 nitrogen and oxygen atoms in total. The van der Waals surface area contributed by atoms with Crippen molar-refractivity contribution in [2.24, 2.45) is 0 Å². The van der Waals surface area contributed by atoms with Gasteiger partial charge in [0.2, 0.25) is 0 Å². The molecule has 1 aliphatic heterocycles. The summed E-state index contributed by atoms with van der Waals surface area (Å²) in [6, 6.07) is 18.9. The summed E-state index contributed by atoms with van der Waals surface area (Å²) in [5.41, 5.74) is 2.24. The van der Waals surface area contributed by atoms with Gasteiger partial charge in [-0.3, -0.25) is 14.5 Å². The monoisotopic (exact) mass is 448 g/mol. The maximum absolute atomic E-state index is 13.0. The third kappa shape index (κ3) is 3.47. The predicted octanol–water partition coefficient (Wildman–Crippen LogP) is 4.78. The highest BCUT2D eigenvalue weighted by Crippen LogP contribution is 2.41. The maximum Gasteiger partial charge on any atom is 0.301 e. The van der Waals surface area contributed by atoms with Crippen LogP contribution in [-0.2, 0) is 9.59 Å². The van der Waals surface area contributed by atoms with Gasteiger partial charge in [-0.2, -0.15) is 0 Å². The summed E-state index contributed by atoms with van der Waals surface area (Å²) in [4.78, 5) is 31.5. The lowest BCUT2D eigenvalue weighted by molar-refractivity contribution is -0.132. The minimum atomic E-state index is -0.788. The van der Waals surface area contributed by atoms with E-state index in [4.69, 9.17) is 0 Å². The number of rotatable bonds is 3. The average molecular weight is 449 g/mol. The number of carbonyl (C=O) groups excluding carboxylic acids is 2. The molecule has 29 heavy (non-hydrogen) atoms. The van der Waals surface area contributed by atoms with Gasteiger partial charge >= 0.3 is 5.91 Å². The molecule has 1 aliphatic rings. The molecule has 2 heterocycles. The van der Waals surface area contributed by atoms with Crippen molar-refractivity contribution in [3.63, 3.8) is 0 Å². The van der Waals surface area contributed by atoms with Crippen LogP contribution in [0.2, 0.25) is 0 Å².